The van der Waals surface area contributed by atoms with E-state index in [9.17, 15) is 4.79 Å². The molecule has 1 aromatic carbocycles. The van der Waals surface area contributed by atoms with Crippen LogP contribution in [0.2, 0.25) is 0 Å². The normalized spacial score (nSPS) is 18.1. The summed E-state index contributed by atoms with van der Waals surface area (Å²) in [5.41, 5.74) is 1.01. The topological polar surface area (TPSA) is 68.1 Å². The lowest BCUT2D eigenvalue weighted by Crippen LogP contribution is -2.03. The Bertz CT molecular complexity index is 470. The summed E-state index contributed by atoms with van der Waals surface area (Å²) in [6, 6.07) is 7.58. The van der Waals surface area contributed by atoms with Crippen molar-refractivity contribution >= 4 is 11.9 Å². The van der Waals surface area contributed by atoms with Crippen LogP contribution in [-0.4, -0.2) is 30.7 Å². The van der Waals surface area contributed by atoms with Gasteiger partial charge in [0.25, 0.3) is 0 Å². The second kappa shape index (κ2) is 5.53. The number of carboxylic acids is 1. The average molecular weight is 249 g/mol. The Hall–Kier alpha value is -2.04. The van der Waals surface area contributed by atoms with E-state index in [0.29, 0.717) is 18.9 Å². The van der Waals surface area contributed by atoms with Gasteiger partial charge in [0.05, 0.1) is 13.5 Å². The summed E-state index contributed by atoms with van der Waals surface area (Å²) in [6.45, 7) is 0.460. The minimum Gasteiger partial charge on any atom is -0.497 e. The third-order valence-electron chi connectivity index (χ3n) is 2.74. The van der Waals surface area contributed by atoms with Crippen molar-refractivity contribution in [3.8, 4) is 5.75 Å². The molecule has 0 bridgehead atoms. The largest absolute Gasteiger partial charge is 0.497 e. The fourth-order valence-electron chi connectivity index (χ4n) is 1.79. The highest BCUT2D eigenvalue weighted by Crippen LogP contribution is 2.26. The van der Waals surface area contributed by atoms with Gasteiger partial charge in [-0.05, 0) is 17.7 Å². The van der Waals surface area contributed by atoms with Gasteiger partial charge in [0.2, 0.25) is 0 Å². The van der Waals surface area contributed by atoms with E-state index >= 15 is 0 Å². The Labute approximate surface area is 105 Å². The van der Waals surface area contributed by atoms with Crippen molar-refractivity contribution in [1.29, 1.82) is 0 Å². The van der Waals surface area contributed by atoms with E-state index < -0.39 is 5.97 Å². The monoisotopic (exact) mass is 249 g/mol. The maximum atomic E-state index is 10.5. The molecule has 1 unspecified atom stereocenters. The number of nitrogens with zero attached hydrogens (tertiary/aromatic N) is 1. The predicted octanol–water partition coefficient (Wildman–Crippen LogP) is 2.03. The zero-order valence-corrected chi connectivity index (χ0v) is 10.1. The van der Waals surface area contributed by atoms with Crippen molar-refractivity contribution in [1.82, 2.24) is 0 Å². The average Bonchev–Trinajstić information content (AvgIpc) is 2.85. The molecule has 0 aromatic heterocycles. The lowest BCUT2D eigenvalue weighted by molar-refractivity contribution is -0.136. The number of hydrogen-bond acceptors (Lipinski definition) is 4. The molecule has 1 aliphatic heterocycles. The molecule has 1 heterocycles. The van der Waals surface area contributed by atoms with Gasteiger partial charge in [-0.3, -0.25) is 4.79 Å². The zero-order chi connectivity index (χ0) is 13.0. The second-order valence-electron chi connectivity index (χ2n) is 4.02. The van der Waals surface area contributed by atoms with Crippen molar-refractivity contribution in [2.45, 2.75) is 18.9 Å². The fraction of sp³-hybridized carbons (Fsp3) is 0.385. The van der Waals surface area contributed by atoms with E-state index in [1.54, 1.807) is 7.11 Å². The smallest absolute Gasteiger partial charge is 0.303 e. The minimum atomic E-state index is -0.842. The molecule has 0 saturated carbocycles. The first kappa shape index (κ1) is 12.4. The number of rotatable bonds is 5. The molecule has 1 aromatic rings. The Morgan fingerprint density at radius 3 is 3.17 bits per heavy atom. The number of aliphatic imine (C=N–C) groups is 1. The van der Waals surface area contributed by atoms with Gasteiger partial charge >= 0.3 is 5.97 Å². The number of carbonyl (C=O) groups is 1. The minimum absolute atomic E-state index is 0.0453. The highest BCUT2D eigenvalue weighted by Gasteiger charge is 2.21. The molecule has 5 heteroatoms. The quantitative estimate of drug-likeness (QED) is 0.867. The summed E-state index contributed by atoms with van der Waals surface area (Å²) < 4.78 is 10.5. The first-order valence-electron chi connectivity index (χ1n) is 5.74. The molecule has 96 valence electrons. The van der Waals surface area contributed by atoms with Crippen LogP contribution in [0.5, 0.6) is 5.75 Å². The molecule has 0 radical (unpaired) electrons. The van der Waals surface area contributed by atoms with Crippen molar-refractivity contribution in [3.63, 3.8) is 0 Å². The van der Waals surface area contributed by atoms with E-state index in [-0.39, 0.29) is 12.5 Å². The Kier molecular flexibility index (Phi) is 3.82. The van der Waals surface area contributed by atoms with Gasteiger partial charge in [0.15, 0.2) is 5.90 Å². The molecule has 1 N–H and O–H groups in total. The van der Waals surface area contributed by atoms with Gasteiger partial charge in [-0.2, -0.15) is 0 Å². The molecule has 0 fully saturated rings. The summed E-state index contributed by atoms with van der Waals surface area (Å²) in [4.78, 5) is 14.8. The Morgan fingerprint density at radius 2 is 2.44 bits per heavy atom. The molecule has 0 amide bonds. The Balaban J connectivity index is 2.04. The van der Waals surface area contributed by atoms with Gasteiger partial charge in [0, 0.05) is 6.42 Å². The van der Waals surface area contributed by atoms with Crippen molar-refractivity contribution in [2.24, 2.45) is 4.99 Å². The molecule has 5 nitrogen and oxygen atoms in total. The lowest BCUT2D eigenvalue weighted by Gasteiger charge is -2.07. The molecule has 18 heavy (non-hydrogen) atoms. The summed E-state index contributed by atoms with van der Waals surface area (Å²) in [6.07, 6.45) is 0.388. The zero-order valence-electron chi connectivity index (χ0n) is 10.1. The highest BCUT2D eigenvalue weighted by molar-refractivity contribution is 5.81. The first-order valence-corrected chi connectivity index (χ1v) is 5.74. The van der Waals surface area contributed by atoms with Crippen molar-refractivity contribution in [3.05, 3.63) is 29.8 Å². The SMILES string of the molecule is COc1cccc(C2COC(CCC(=O)O)=N2)c1. The highest BCUT2D eigenvalue weighted by atomic mass is 16.5. The summed E-state index contributed by atoms with van der Waals surface area (Å²) in [5, 5.41) is 8.60. The Morgan fingerprint density at radius 1 is 1.61 bits per heavy atom. The van der Waals surface area contributed by atoms with Crippen LogP contribution in [0.1, 0.15) is 24.4 Å². The molecule has 0 aliphatic carbocycles. The molecule has 0 saturated heterocycles. The lowest BCUT2D eigenvalue weighted by atomic mass is 10.1. The predicted molar refractivity (Wildman–Crippen MR) is 66.0 cm³/mol. The third-order valence-corrected chi connectivity index (χ3v) is 2.74. The van der Waals surface area contributed by atoms with Crippen molar-refractivity contribution < 1.29 is 19.4 Å². The summed E-state index contributed by atoms with van der Waals surface area (Å²) in [5.74, 6) is 0.457. The number of aliphatic carboxylic acids is 1. The van der Waals surface area contributed by atoms with E-state index in [4.69, 9.17) is 14.6 Å². The van der Waals surface area contributed by atoms with Crippen LogP contribution >= 0.6 is 0 Å². The summed E-state index contributed by atoms with van der Waals surface area (Å²) in [7, 11) is 1.62. The van der Waals surface area contributed by atoms with E-state index in [2.05, 4.69) is 4.99 Å². The summed E-state index contributed by atoms with van der Waals surface area (Å²) >= 11 is 0. The van der Waals surface area contributed by atoms with Gasteiger partial charge in [-0.15, -0.1) is 0 Å². The van der Waals surface area contributed by atoms with E-state index in [1.807, 2.05) is 24.3 Å². The molecule has 1 aliphatic rings. The second-order valence-corrected chi connectivity index (χ2v) is 4.02. The number of benzene rings is 1. The molecule has 2 rings (SSSR count). The van der Waals surface area contributed by atoms with E-state index in [0.717, 1.165) is 11.3 Å². The maximum absolute atomic E-state index is 10.5. The molecule has 0 spiro atoms. The van der Waals surface area contributed by atoms with Gasteiger partial charge < -0.3 is 14.6 Å². The standard InChI is InChI=1S/C13H15NO4/c1-17-10-4-2-3-9(7-10)11-8-18-12(14-11)5-6-13(15)16/h2-4,7,11H,5-6,8H2,1H3,(H,15,16). The van der Waals surface area contributed by atoms with Crippen LogP contribution in [0.3, 0.4) is 0 Å². The van der Waals surface area contributed by atoms with E-state index in [1.165, 1.54) is 0 Å². The number of carboxylic acid groups (broad SMARTS) is 1. The van der Waals surface area contributed by atoms with Crippen LogP contribution in [-0.2, 0) is 9.53 Å². The van der Waals surface area contributed by atoms with Crippen molar-refractivity contribution in [2.75, 3.05) is 13.7 Å². The van der Waals surface area contributed by atoms with Crippen LogP contribution in [0.25, 0.3) is 0 Å². The van der Waals surface area contributed by atoms with Crippen LogP contribution in [0.4, 0.5) is 0 Å². The molecular formula is C13H15NO4. The van der Waals surface area contributed by atoms with Crippen LogP contribution in [0, 0.1) is 0 Å². The van der Waals surface area contributed by atoms with Gasteiger partial charge in [-0.25, -0.2) is 4.99 Å². The first-order chi connectivity index (χ1) is 8.69. The number of methoxy groups -OCH3 is 1. The molecular weight excluding hydrogens is 234 g/mol. The fourth-order valence-corrected chi connectivity index (χ4v) is 1.79. The third kappa shape index (κ3) is 3.00. The number of hydrogen-bond donors (Lipinski definition) is 1. The maximum Gasteiger partial charge on any atom is 0.303 e. The number of ether oxygens (including phenoxy) is 2. The van der Waals surface area contributed by atoms with Crippen LogP contribution < -0.4 is 4.74 Å². The van der Waals surface area contributed by atoms with Crippen LogP contribution in [0.15, 0.2) is 29.3 Å². The van der Waals surface area contributed by atoms with Gasteiger partial charge in [-0.1, -0.05) is 12.1 Å². The van der Waals surface area contributed by atoms with Gasteiger partial charge in [0.1, 0.15) is 18.4 Å². The molecule has 1 atom stereocenters.